The smallest absolute Gasteiger partial charge is 0.257 e. The van der Waals surface area contributed by atoms with Crippen LogP contribution in [0.15, 0.2) is 39.4 Å². The van der Waals surface area contributed by atoms with Crippen molar-refractivity contribution in [3.8, 4) is 34.4 Å². The predicted octanol–water partition coefficient (Wildman–Crippen LogP) is 4.61. The third-order valence-corrected chi connectivity index (χ3v) is 4.77. The second-order valence-electron chi connectivity index (χ2n) is 7.36. The summed E-state index contributed by atoms with van der Waals surface area (Å²) in [4.78, 5) is 4.34. The van der Waals surface area contributed by atoms with Crippen molar-refractivity contribution >= 4 is 11.1 Å². The number of aromatic nitrogens is 4. The first kappa shape index (κ1) is 17.7. The molecular formula is C21H20N4O4. The summed E-state index contributed by atoms with van der Waals surface area (Å²) in [5.41, 5.74) is 2.96. The molecule has 3 aromatic heterocycles. The van der Waals surface area contributed by atoms with Gasteiger partial charge in [-0.15, -0.1) is 10.2 Å². The van der Waals surface area contributed by atoms with Crippen LogP contribution in [0.25, 0.3) is 34.0 Å². The van der Waals surface area contributed by atoms with Gasteiger partial charge in [-0.2, -0.15) is 0 Å². The molecule has 0 spiro atoms. The molecule has 1 fully saturated rings. The molecule has 0 saturated heterocycles. The minimum atomic E-state index is 0.0464. The molecular weight excluding hydrogens is 372 g/mol. The molecule has 1 aliphatic rings. The summed E-state index contributed by atoms with van der Waals surface area (Å²) in [5.74, 6) is 2.52. The first-order valence-electron chi connectivity index (χ1n) is 9.56. The van der Waals surface area contributed by atoms with Crippen LogP contribution >= 0.6 is 0 Å². The van der Waals surface area contributed by atoms with E-state index in [0.29, 0.717) is 34.9 Å². The maximum Gasteiger partial charge on any atom is 0.257 e. The number of hydrogen-bond acceptors (Lipinski definition) is 8. The van der Waals surface area contributed by atoms with E-state index in [9.17, 15) is 0 Å². The second-order valence-corrected chi connectivity index (χ2v) is 7.36. The number of fused-ring (bicyclic) bond motifs is 1. The molecule has 1 saturated carbocycles. The molecule has 5 rings (SSSR count). The van der Waals surface area contributed by atoms with Gasteiger partial charge in [-0.3, -0.25) is 0 Å². The highest BCUT2D eigenvalue weighted by Crippen LogP contribution is 2.42. The van der Waals surface area contributed by atoms with Gasteiger partial charge in [-0.25, -0.2) is 4.98 Å². The zero-order valence-electron chi connectivity index (χ0n) is 16.4. The summed E-state index contributed by atoms with van der Waals surface area (Å²) in [6.45, 7) is 3.93. The van der Waals surface area contributed by atoms with E-state index >= 15 is 0 Å². The van der Waals surface area contributed by atoms with Crippen LogP contribution in [0.1, 0.15) is 38.3 Å². The molecule has 0 bridgehead atoms. The van der Waals surface area contributed by atoms with Gasteiger partial charge < -0.3 is 18.4 Å². The van der Waals surface area contributed by atoms with Crippen LogP contribution in [0.3, 0.4) is 0 Å². The highest BCUT2D eigenvalue weighted by Gasteiger charge is 2.29. The Balaban J connectivity index is 1.48. The van der Waals surface area contributed by atoms with Gasteiger partial charge in [-0.1, -0.05) is 5.16 Å². The molecule has 0 atom stereocenters. The number of pyridine rings is 1. The van der Waals surface area contributed by atoms with Crippen LogP contribution in [0.4, 0.5) is 0 Å². The fourth-order valence-corrected chi connectivity index (χ4v) is 3.23. The molecule has 8 nitrogen and oxygen atoms in total. The van der Waals surface area contributed by atoms with Crippen molar-refractivity contribution in [1.82, 2.24) is 20.3 Å². The average molecular weight is 392 g/mol. The second kappa shape index (κ2) is 6.88. The van der Waals surface area contributed by atoms with Crippen molar-refractivity contribution in [3.05, 3.63) is 36.2 Å². The molecule has 0 unspecified atom stereocenters. The molecule has 1 aromatic carbocycles. The molecule has 0 radical (unpaired) electrons. The Morgan fingerprint density at radius 3 is 2.55 bits per heavy atom. The van der Waals surface area contributed by atoms with E-state index in [1.807, 2.05) is 38.1 Å². The Kier molecular flexibility index (Phi) is 4.19. The van der Waals surface area contributed by atoms with Crippen LogP contribution in [0.5, 0.6) is 11.5 Å². The quantitative estimate of drug-likeness (QED) is 0.469. The van der Waals surface area contributed by atoms with Crippen LogP contribution in [0.2, 0.25) is 0 Å². The Morgan fingerprint density at radius 2 is 1.83 bits per heavy atom. The normalized spacial score (nSPS) is 13.9. The number of hydrogen-bond donors (Lipinski definition) is 0. The number of rotatable bonds is 6. The van der Waals surface area contributed by atoms with E-state index in [2.05, 4.69) is 20.3 Å². The van der Waals surface area contributed by atoms with Crippen LogP contribution in [-0.4, -0.2) is 33.6 Å². The average Bonchev–Trinajstić information content (AvgIpc) is 3.28. The minimum absolute atomic E-state index is 0.0464. The Hall–Kier alpha value is -3.42. The first-order chi connectivity index (χ1) is 14.1. The Morgan fingerprint density at radius 1 is 1.03 bits per heavy atom. The highest BCUT2D eigenvalue weighted by atomic mass is 16.5. The third-order valence-electron chi connectivity index (χ3n) is 4.77. The maximum atomic E-state index is 5.91. The molecule has 8 heteroatoms. The first-order valence-corrected chi connectivity index (χ1v) is 9.56. The van der Waals surface area contributed by atoms with E-state index < -0.39 is 0 Å². The van der Waals surface area contributed by atoms with E-state index in [0.717, 1.165) is 35.0 Å². The summed E-state index contributed by atoms with van der Waals surface area (Å²) in [6, 6.07) is 7.47. The van der Waals surface area contributed by atoms with Gasteiger partial charge in [0.2, 0.25) is 11.8 Å². The summed E-state index contributed by atoms with van der Waals surface area (Å²) < 4.78 is 22.4. The number of benzene rings is 1. The molecule has 0 amide bonds. The summed E-state index contributed by atoms with van der Waals surface area (Å²) in [7, 11) is 1.60. The highest BCUT2D eigenvalue weighted by molar-refractivity contribution is 5.81. The molecule has 148 valence electrons. The number of nitrogens with zero attached hydrogens (tertiary/aromatic N) is 4. The van der Waals surface area contributed by atoms with Crippen molar-refractivity contribution < 1.29 is 18.4 Å². The van der Waals surface area contributed by atoms with E-state index in [1.54, 1.807) is 13.3 Å². The van der Waals surface area contributed by atoms with Crippen molar-refractivity contribution in [2.45, 2.75) is 38.7 Å². The largest absolute Gasteiger partial charge is 0.493 e. The summed E-state index contributed by atoms with van der Waals surface area (Å²) >= 11 is 0. The van der Waals surface area contributed by atoms with Crippen molar-refractivity contribution in [2.24, 2.45) is 0 Å². The minimum Gasteiger partial charge on any atom is -0.493 e. The van der Waals surface area contributed by atoms with Crippen molar-refractivity contribution in [1.29, 1.82) is 0 Å². The SMILES string of the molecule is COc1cc(-c2nnc(-c3cnc4onc(C5CC5)c4c3)o2)ccc1OC(C)C. The summed E-state index contributed by atoms with van der Waals surface area (Å²) in [5, 5.41) is 13.4. The molecule has 0 N–H and O–H groups in total. The van der Waals surface area contributed by atoms with Crippen molar-refractivity contribution in [3.63, 3.8) is 0 Å². The van der Waals surface area contributed by atoms with Gasteiger partial charge in [0.1, 0.15) is 0 Å². The molecule has 3 heterocycles. The van der Waals surface area contributed by atoms with Gasteiger partial charge in [0.15, 0.2) is 11.5 Å². The van der Waals surface area contributed by atoms with Crippen LogP contribution in [0, 0.1) is 0 Å². The fourth-order valence-electron chi connectivity index (χ4n) is 3.23. The van der Waals surface area contributed by atoms with E-state index in [-0.39, 0.29) is 6.10 Å². The topological polar surface area (TPSA) is 96.3 Å². The molecule has 1 aliphatic carbocycles. The fraction of sp³-hybridized carbons (Fsp3) is 0.333. The Labute approximate surface area is 166 Å². The third kappa shape index (κ3) is 3.30. The molecule has 0 aliphatic heterocycles. The van der Waals surface area contributed by atoms with Gasteiger partial charge in [0.25, 0.3) is 5.71 Å². The van der Waals surface area contributed by atoms with Crippen molar-refractivity contribution in [2.75, 3.05) is 7.11 Å². The van der Waals surface area contributed by atoms with E-state index in [4.69, 9.17) is 18.4 Å². The number of methoxy groups -OCH3 is 1. The monoisotopic (exact) mass is 392 g/mol. The zero-order chi connectivity index (χ0) is 20.0. The lowest BCUT2D eigenvalue weighted by Gasteiger charge is -2.13. The van der Waals surface area contributed by atoms with Gasteiger partial charge in [0, 0.05) is 17.7 Å². The van der Waals surface area contributed by atoms with E-state index in [1.165, 1.54) is 0 Å². The van der Waals surface area contributed by atoms with Gasteiger partial charge in [0.05, 0.1) is 29.9 Å². The maximum absolute atomic E-state index is 5.91. The van der Waals surface area contributed by atoms with Crippen LogP contribution in [-0.2, 0) is 0 Å². The van der Waals surface area contributed by atoms with Gasteiger partial charge in [-0.05, 0) is 51.0 Å². The van der Waals surface area contributed by atoms with Gasteiger partial charge >= 0.3 is 0 Å². The lowest BCUT2D eigenvalue weighted by atomic mass is 10.1. The standard InChI is InChI=1S/C21H20N4O4/c1-11(2)27-16-7-6-13(9-17(16)26-3)19-23-24-20(28-19)14-8-15-18(12-4-5-12)25-29-21(15)22-10-14/h6-12H,4-5H2,1-3H3. The number of ether oxygens (including phenoxy) is 2. The Bertz CT molecular complexity index is 1180. The lowest BCUT2D eigenvalue weighted by molar-refractivity contribution is 0.230. The molecule has 29 heavy (non-hydrogen) atoms. The molecule has 4 aromatic rings. The predicted molar refractivity (Wildman–Crippen MR) is 105 cm³/mol. The zero-order valence-corrected chi connectivity index (χ0v) is 16.4. The lowest BCUT2D eigenvalue weighted by Crippen LogP contribution is -2.06. The van der Waals surface area contributed by atoms with Crippen LogP contribution < -0.4 is 9.47 Å². The summed E-state index contributed by atoms with van der Waals surface area (Å²) in [6.07, 6.45) is 3.97.